The van der Waals surface area contributed by atoms with E-state index in [2.05, 4.69) is 0 Å². The Balaban J connectivity index is 3.12. The van der Waals surface area contributed by atoms with Crippen LogP contribution in [-0.4, -0.2) is 30.7 Å². The number of amides is 1. The molecule has 5 heteroatoms. The summed E-state index contributed by atoms with van der Waals surface area (Å²) in [4.78, 5) is 12.3. The lowest BCUT2D eigenvalue weighted by molar-refractivity contribution is 0.0996. The Hall–Kier alpha value is -1.91. The minimum absolute atomic E-state index is 0.162. The minimum Gasteiger partial charge on any atom is -0.366 e. The molecule has 0 spiro atoms. The third kappa shape index (κ3) is 2.31. The van der Waals surface area contributed by atoms with E-state index in [1.54, 1.807) is 19.0 Å². The Bertz CT molecular complexity index is 415. The molecule has 0 bridgehead atoms. The van der Waals surface area contributed by atoms with Crippen molar-refractivity contribution in [2.45, 2.75) is 0 Å². The number of rotatable bonds is 2. The van der Waals surface area contributed by atoms with Gasteiger partial charge in [0.2, 0.25) is 0 Å². The first-order valence-corrected chi connectivity index (χ1v) is 4.29. The number of halogens is 1. The second-order valence-corrected chi connectivity index (χ2v) is 3.30. The molecule has 4 nitrogen and oxygen atoms in total. The smallest absolute Gasteiger partial charge is 0.251 e. The number of carbonyl (C=O) groups excluding carboxylic acids is 1. The van der Waals surface area contributed by atoms with Crippen LogP contribution in [0.25, 0.3) is 0 Å². The molecule has 80 valence electrons. The van der Waals surface area contributed by atoms with E-state index in [-0.39, 0.29) is 11.4 Å². The lowest BCUT2D eigenvalue weighted by atomic mass is 10.1. The molecule has 1 rings (SSSR count). The highest BCUT2D eigenvalue weighted by atomic mass is 19.1. The topological polar surface area (TPSA) is 70.2 Å². The second kappa shape index (κ2) is 4.08. The van der Waals surface area contributed by atoms with Crippen molar-refractivity contribution in [3.05, 3.63) is 35.1 Å². The summed E-state index contributed by atoms with van der Waals surface area (Å²) in [5, 5.41) is 7.60. The molecule has 1 amide bonds. The fraction of sp³-hybridized carbons (Fsp3) is 0.200. The van der Waals surface area contributed by atoms with Crippen LogP contribution in [0.4, 0.5) is 4.39 Å². The number of nitrogens with zero attached hydrogens (tertiary/aromatic N) is 1. The van der Waals surface area contributed by atoms with Gasteiger partial charge in [-0.2, -0.15) is 0 Å². The van der Waals surface area contributed by atoms with Crippen molar-refractivity contribution in [2.75, 3.05) is 14.1 Å². The van der Waals surface area contributed by atoms with Crippen molar-refractivity contribution in [3.63, 3.8) is 0 Å². The molecular weight excluding hydrogens is 197 g/mol. The van der Waals surface area contributed by atoms with Crippen LogP contribution in [0.1, 0.15) is 15.9 Å². The largest absolute Gasteiger partial charge is 0.366 e. The molecule has 0 aliphatic heterocycles. The van der Waals surface area contributed by atoms with Crippen LogP contribution in [0.3, 0.4) is 0 Å². The summed E-state index contributed by atoms with van der Waals surface area (Å²) in [5.74, 6) is -1.34. The predicted molar refractivity (Wildman–Crippen MR) is 55.4 cm³/mol. The van der Waals surface area contributed by atoms with Gasteiger partial charge in [-0.3, -0.25) is 10.2 Å². The lowest BCUT2D eigenvalue weighted by Gasteiger charge is -2.13. The van der Waals surface area contributed by atoms with Gasteiger partial charge in [-0.05, 0) is 12.1 Å². The average Bonchev–Trinajstić information content (AvgIpc) is 2.15. The fourth-order valence-corrected chi connectivity index (χ4v) is 1.12. The van der Waals surface area contributed by atoms with Crippen LogP contribution < -0.4 is 5.73 Å². The molecule has 0 heterocycles. The Labute approximate surface area is 87.0 Å². The summed E-state index contributed by atoms with van der Waals surface area (Å²) >= 11 is 0. The van der Waals surface area contributed by atoms with Crippen LogP contribution in [0.5, 0.6) is 0 Å². The Morgan fingerprint density at radius 3 is 2.47 bits per heavy atom. The molecule has 3 N–H and O–H groups in total. The van der Waals surface area contributed by atoms with Crippen molar-refractivity contribution < 1.29 is 9.18 Å². The Kier molecular flexibility index (Phi) is 3.04. The van der Waals surface area contributed by atoms with Gasteiger partial charge in [0.05, 0.1) is 5.56 Å². The van der Waals surface area contributed by atoms with Gasteiger partial charge in [-0.1, -0.05) is 6.07 Å². The molecule has 0 saturated heterocycles. The number of carbonyl (C=O) groups is 1. The molecule has 0 aliphatic rings. The Morgan fingerprint density at radius 1 is 1.47 bits per heavy atom. The van der Waals surface area contributed by atoms with E-state index >= 15 is 0 Å². The number of benzene rings is 1. The zero-order chi connectivity index (χ0) is 11.6. The first kappa shape index (κ1) is 11.2. The number of hydrogen-bond donors (Lipinski definition) is 2. The van der Waals surface area contributed by atoms with Crippen molar-refractivity contribution in [1.82, 2.24) is 4.90 Å². The van der Waals surface area contributed by atoms with E-state index in [0.717, 1.165) is 6.07 Å². The quantitative estimate of drug-likeness (QED) is 0.559. The normalized spacial score (nSPS) is 9.80. The maximum absolute atomic E-state index is 13.3. The lowest BCUT2D eigenvalue weighted by Crippen LogP contribution is -2.22. The average molecular weight is 209 g/mol. The predicted octanol–water partition coefficient (Wildman–Crippen LogP) is 0.812. The highest BCUT2D eigenvalue weighted by Crippen LogP contribution is 2.11. The van der Waals surface area contributed by atoms with Gasteiger partial charge in [-0.15, -0.1) is 0 Å². The highest BCUT2D eigenvalue weighted by Gasteiger charge is 2.11. The fourth-order valence-electron chi connectivity index (χ4n) is 1.12. The van der Waals surface area contributed by atoms with E-state index in [4.69, 9.17) is 11.1 Å². The van der Waals surface area contributed by atoms with Crippen molar-refractivity contribution in [2.24, 2.45) is 5.73 Å². The van der Waals surface area contributed by atoms with Gasteiger partial charge < -0.3 is 10.6 Å². The number of nitrogens with one attached hydrogen (secondary N) is 1. The van der Waals surface area contributed by atoms with Gasteiger partial charge in [0.15, 0.2) is 0 Å². The summed E-state index contributed by atoms with van der Waals surface area (Å²) in [6.07, 6.45) is 0. The molecule has 0 unspecified atom stereocenters. The van der Waals surface area contributed by atoms with Gasteiger partial charge in [0.1, 0.15) is 11.7 Å². The third-order valence-corrected chi connectivity index (χ3v) is 1.96. The zero-order valence-electron chi connectivity index (χ0n) is 8.54. The number of amidine groups is 1. The zero-order valence-corrected chi connectivity index (χ0v) is 8.54. The van der Waals surface area contributed by atoms with Crippen LogP contribution in [0.2, 0.25) is 0 Å². The van der Waals surface area contributed by atoms with Crippen LogP contribution >= 0.6 is 0 Å². The monoisotopic (exact) mass is 209 g/mol. The summed E-state index contributed by atoms with van der Waals surface area (Å²) in [6.45, 7) is 0. The van der Waals surface area contributed by atoms with E-state index in [9.17, 15) is 9.18 Å². The van der Waals surface area contributed by atoms with E-state index in [1.165, 1.54) is 12.1 Å². The molecule has 1 aromatic rings. The van der Waals surface area contributed by atoms with Crippen LogP contribution in [-0.2, 0) is 0 Å². The van der Waals surface area contributed by atoms with Crippen molar-refractivity contribution in [1.29, 1.82) is 5.41 Å². The molecule has 0 fully saturated rings. The molecule has 0 radical (unpaired) electrons. The van der Waals surface area contributed by atoms with Crippen molar-refractivity contribution >= 4 is 11.7 Å². The van der Waals surface area contributed by atoms with Crippen LogP contribution in [0, 0.1) is 11.2 Å². The van der Waals surface area contributed by atoms with E-state index < -0.39 is 11.7 Å². The van der Waals surface area contributed by atoms with Gasteiger partial charge in [0, 0.05) is 19.7 Å². The molecule has 0 atom stereocenters. The summed E-state index contributed by atoms with van der Waals surface area (Å²) < 4.78 is 13.3. The minimum atomic E-state index is -0.810. The van der Waals surface area contributed by atoms with Crippen molar-refractivity contribution in [3.8, 4) is 0 Å². The van der Waals surface area contributed by atoms with Gasteiger partial charge in [0.25, 0.3) is 5.91 Å². The molecule has 0 saturated carbocycles. The van der Waals surface area contributed by atoms with E-state index in [1.807, 2.05) is 0 Å². The Morgan fingerprint density at radius 2 is 2.07 bits per heavy atom. The standard InChI is InChI=1S/C10H12FN3O/c1-14(2)9(12)6-3-4-7(10(13)15)8(11)5-6/h3-5,12H,1-2H3,(H2,13,15). The van der Waals surface area contributed by atoms with E-state index in [0.29, 0.717) is 5.56 Å². The molecular formula is C10H12FN3O. The number of nitrogens with two attached hydrogens (primary N) is 1. The highest BCUT2D eigenvalue weighted by molar-refractivity contribution is 5.98. The molecule has 1 aromatic carbocycles. The summed E-state index contributed by atoms with van der Waals surface area (Å²) in [6, 6.07) is 3.90. The first-order valence-electron chi connectivity index (χ1n) is 4.29. The maximum Gasteiger partial charge on any atom is 0.251 e. The van der Waals surface area contributed by atoms with Gasteiger partial charge in [-0.25, -0.2) is 4.39 Å². The maximum atomic E-state index is 13.3. The molecule has 15 heavy (non-hydrogen) atoms. The molecule has 0 aromatic heterocycles. The summed E-state index contributed by atoms with van der Waals surface area (Å²) in [7, 11) is 3.37. The third-order valence-electron chi connectivity index (χ3n) is 1.96. The molecule has 0 aliphatic carbocycles. The summed E-state index contributed by atoms with van der Waals surface area (Å²) in [5.41, 5.74) is 5.20. The van der Waals surface area contributed by atoms with Crippen LogP contribution in [0.15, 0.2) is 18.2 Å². The first-order chi connectivity index (χ1) is 6.93. The number of primary amides is 1. The SMILES string of the molecule is CN(C)C(=N)c1ccc(C(N)=O)c(F)c1. The van der Waals surface area contributed by atoms with Gasteiger partial charge >= 0.3 is 0 Å². The number of hydrogen-bond acceptors (Lipinski definition) is 2. The second-order valence-electron chi connectivity index (χ2n) is 3.30.